The summed E-state index contributed by atoms with van der Waals surface area (Å²) in [6.07, 6.45) is 0. The van der Waals surface area contributed by atoms with Crippen molar-refractivity contribution in [1.29, 1.82) is 0 Å². The van der Waals surface area contributed by atoms with Gasteiger partial charge in [-0.05, 0) is 41.5 Å². The molecule has 1 amide bonds. The maximum Gasteiger partial charge on any atom is 0.236 e. The third kappa shape index (κ3) is 10.2. The van der Waals surface area contributed by atoms with Crippen molar-refractivity contribution in [2.24, 2.45) is 5.73 Å². The highest BCUT2D eigenvalue weighted by atomic mass is 16.5. The van der Waals surface area contributed by atoms with E-state index in [1.165, 1.54) is 0 Å². The lowest BCUT2D eigenvalue weighted by Crippen LogP contribution is -2.50. The molecular weight excluding hydrogens is 218 g/mol. The summed E-state index contributed by atoms with van der Waals surface area (Å²) in [6, 6.07) is -0.221. The van der Waals surface area contributed by atoms with E-state index in [9.17, 15) is 4.79 Å². The van der Waals surface area contributed by atoms with Crippen LogP contribution in [-0.2, 0) is 9.53 Å². The zero-order chi connectivity index (χ0) is 13.7. The fourth-order valence-electron chi connectivity index (χ4n) is 1.36. The highest BCUT2D eigenvalue weighted by Gasteiger charge is 2.19. The van der Waals surface area contributed by atoms with Crippen LogP contribution >= 0.6 is 0 Å². The summed E-state index contributed by atoms with van der Waals surface area (Å²) in [6.45, 7) is 12.4. The average molecular weight is 245 g/mol. The number of nitrogens with one attached hydrogen (secondary N) is 2. The van der Waals surface area contributed by atoms with E-state index in [-0.39, 0.29) is 17.5 Å². The maximum absolute atomic E-state index is 11.7. The summed E-state index contributed by atoms with van der Waals surface area (Å²) in [5.74, 6) is -0.0293. The Hall–Kier alpha value is -0.650. The van der Waals surface area contributed by atoms with Gasteiger partial charge >= 0.3 is 0 Å². The molecule has 0 aliphatic heterocycles. The number of hydrogen-bond donors (Lipinski definition) is 3. The van der Waals surface area contributed by atoms with Gasteiger partial charge in [0, 0.05) is 12.1 Å². The Labute approximate surface area is 104 Å². The van der Waals surface area contributed by atoms with Crippen LogP contribution in [0.5, 0.6) is 0 Å². The molecule has 0 bridgehead atoms. The smallest absolute Gasteiger partial charge is 0.236 e. The molecule has 5 nitrogen and oxygen atoms in total. The summed E-state index contributed by atoms with van der Waals surface area (Å²) < 4.78 is 5.30. The van der Waals surface area contributed by atoms with Crippen LogP contribution in [0.2, 0.25) is 0 Å². The van der Waals surface area contributed by atoms with Crippen molar-refractivity contribution in [2.45, 2.75) is 58.8 Å². The van der Waals surface area contributed by atoms with E-state index in [4.69, 9.17) is 10.5 Å². The van der Waals surface area contributed by atoms with Crippen LogP contribution in [0.4, 0.5) is 0 Å². The first-order valence-electron chi connectivity index (χ1n) is 5.99. The predicted molar refractivity (Wildman–Crippen MR) is 69.6 cm³/mol. The number of rotatable bonds is 6. The second kappa shape index (κ2) is 6.33. The lowest BCUT2D eigenvalue weighted by atomic mass is 10.1. The number of carbonyl (C=O) groups is 1. The number of carbonyl (C=O) groups excluding carboxylic acids is 1. The van der Waals surface area contributed by atoms with Crippen molar-refractivity contribution in [3.63, 3.8) is 0 Å². The van der Waals surface area contributed by atoms with Gasteiger partial charge in [0.25, 0.3) is 0 Å². The van der Waals surface area contributed by atoms with Crippen molar-refractivity contribution in [3.05, 3.63) is 0 Å². The zero-order valence-electron chi connectivity index (χ0n) is 11.9. The van der Waals surface area contributed by atoms with Crippen molar-refractivity contribution >= 4 is 5.91 Å². The van der Waals surface area contributed by atoms with Crippen LogP contribution < -0.4 is 16.4 Å². The molecule has 0 aromatic heterocycles. The Morgan fingerprint density at radius 1 is 1.29 bits per heavy atom. The van der Waals surface area contributed by atoms with E-state index in [1.807, 2.05) is 27.7 Å². The van der Waals surface area contributed by atoms with Crippen molar-refractivity contribution in [1.82, 2.24) is 10.6 Å². The molecular formula is C12H27N3O2. The van der Waals surface area contributed by atoms with Crippen LogP contribution in [0.3, 0.4) is 0 Å². The van der Waals surface area contributed by atoms with E-state index in [0.717, 1.165) is 0 Å². The van der Waals surface area contributed by atoms with Gasteiger partial charge in [-0.15, -0.1) is 0 Å². The minimum Gasteiger partial charge on any atom is -0.360 e. The first kappa shape index (κ1) is 16.4. The van der Waals surface area contributed by atoms with E-state index in [1.54, 1.807) is 13.8 Å². The standard InChI is InChI=1S/C12H27N3O2/c1-9(15-11(2,3)4)10(16)14-7-8-17-12(5,6)13/h9,15H,7-8,13H2,1-6H3,(H,14,16)/t9-/m0/s1. The lowest BCUT2D eigenvalue weighted by molar-refractivity contribution is -0.123. The normalized spacial score (nSPS) is 14.5. The number of hydrogen-bond acceptors (Lipinski definition) is 4. The van der Waals surface area contributed by atoms with Crippen molar-refractivity contribution in [3.8, 4) is 0 Å². The molecule has 0 rings (SSSR count). The highest BCUT2D eigenvalue weighted by Crippen LogP contribution is 2.01. The van der Waals surface area contributed by atoms with Crippen molar-refractivity contribution in [2.75, 3.05) is 13.2 Å². The van der Waals surface area contributed by atoms with E-state index >= 15 is 0 Å². The fourth-order valence-corrected chi connectivity index (χ4v) is 1.36. The SMILES string of the molecule is C[C@H](NC(C)(C)C)C(=O)NCCOC(C)(C)N. The first-order valence-corrected chi connectivity index (χ1v) is 5.99. The molecule has 17 heavy (non-hydrogen) atoms. The molecule has 0 aromatic carbocycles. The summed E-state index contributed by atoms with van der Waals surface area (Å²) >= 11 is 0. The molecule has 0 spiro atoms. The minimum atomic E-state index is -0.653. The van der Waals surface area contributed by atoms with Crippen LogP contribution in [0.25, 0.3) is 0 Å². The monoisotopic (exact) mass is 245 g/mol. The fraction of sp³-hybridized carbons (Fsp3) is 0.917. The van der Waals surface area contributed by atoms with Gasteiger partial charge in [-0.1, -0.05) is 0 Å². The molecule has 5 heteroatoms. The summed E-state index contributed by atoms with van der Waals surface area (Å²) in [7, 11) is 0. The molecule has 0 aliphatic rings. The average Bonchev–Trinajstić information content (AvgIpc) is 2.07. The van der Waals surface area contributed by atoms with Crippen LogP contribution in [0, 0.1) is 0 Å². The van der Waals surface area contributed by atoms with Gasteiger partial charge in [0.1, 0.15) is 5.72 Å². The number of nitrogens with two attached hydrogens (primary N) is 1. The zero-order valence-corrected chi connectivity index (χ0v) is 11.9. The van der Waals surface area contributed by atoms with Gasteiger partial charge in [0.05, 0.1) is 12.6 Å². The van der Waals surface area contributed by atoms with Crippen LogP contribution in [0.1, 0.15) is 41.5 Å². The number of ether oxygens (including phenoxy) is 1. The van der Waals surface area contributed by atoms with Gasteiger partial charge in [-0.3, -0.25) is 4.79 Å². The second-order valence-electron chi connectivity index (χ2n) is 5.86. The second-order valence-corrected chi connectivity index (χ2v) is 5.86. The van der Waals surface area contributed by atoms with Crippen LogP contribution in [0.15, 0.2) is 0 Å². The molecule has 0 aromatic rings. The quantitative estimate of drug-likeness (QED) is 0.473. The lowest BCUT2D eigenvalue weighted by Gasteiger charge is -2.25. The van der Waals surface area contributed by atoms with Gasteiger partial charge in [0.2, 0.25) is 5.91 Å². The molecule has 0 heterocycles. The Morgan fingerprint density at radius 2 is 1.82 bits per heavy atom. The Kier molecular flexibility index (Phi) is 6.09. The topological polar surface area (TPSA) is 76.4 Å². The highest BCUT2D eigenvalue weighted by molar-refractivity contribution is 5.81. The predicted octanol–water partition coefficient (Wildman–Crippen LogP) is 0.591. The largest absolute Gasteiger partial charge is 0.360 e. The van der Waals surface area contributed by atoms with Crippen molar-refractivity contribution < 1.29 is 9.53 Å². The molecule has 0 fully saturated rings. The first-order chi connectivity index (χ1) is 7.51. The number of amides is 1. The molecule has 0 unspecified atom stereocenters. The summed E-state index contributed by atoms with van der Waals surface area (Å²) in [4.78, 5) is 11.7. The Morgan fingerprint density at radius 3 is 2.24 bits per heavy atom. The van der Waals surface area contributed by atoms with Gasteiger partial charge in [0.15, 0.2) is 0 Å². The third-order valence-electron chi connectivity index (χ3n) is 1.92. The molecule has 1 atom stereocenters. The summed E-state index contributed by atoms with van der Waals surface area (Å²) in [5.41, 5.74) is 4.92. The van der Waals surface area contributed by atoms with Gasteiger partial charge in [-0.25, -0.2) is 0 Å². The molecule has 0 saturated heterocycles. The van der Waals surface area contributed by atoms with E-state index < -0.39 is 5.72 Å². The molecule has 0 saturated carbocycles. The molecule has 0 radical (unpaired) electrons. The third-order valence-corrected chi connectivity index (χ3v) is 1.92. The molecule has 4 N–H and O–H groups in total. The Bertz CT molecular complexity index is 241. The maximum atomic E-state index is 11.7. The van der Waals surface area contributed by atoms with Gasteiger partial charge < -0.3 is 21.1 Å². The summed E-state index contributed by atoms with van der Waals surface area (Å²) in [5, 5.41) is 5.99. The van der Waals surface area contributed by atoms with Gasteiger partial charge in [-0.2, -0.15) is 0 Å². The van der Waals surface area contributed by atoms with E-state index in [0.29, 0.717) is 13.2 Å². The molecule has 0 aliphatic carbocycles. The minimum absolute atomic E-state index is 0.0293. The Balaban J connectivity index is 3.80. The van der Waals surface area contributed by atoms with Crippen LogP contribution in [-0.4, -0.2) is 36.4 Å². The van der Waals surface area contributed by atoms with E-state index in [2.05, 4.69) is 10.6 Å². The molecule has 102 valence electrons.